The third kappa shape index (κ3) is 4.87. The lowest BCUT2D eigenvalue weighted by Crippen LogP contribution is -2.27. The molecule has 1 atom stereocenters. The average Bonchev–Trinajstić information content (AvgIpc) is 3.09. The molecule has 0 aliphatic carbocycles. The van der Waals surface area contributed by atoms with Crippen molar-refractivity contribution >= 4 is 29.1 Å². The van der Waals surface area contributed by atoms with Gasteiger partial charge in [0.25, 0.3) is 0 Å². The Bertz CT molecular complexity index is 959. The van der Waals surface area contributed by atoms with E-state index in [-0.39, 0.29) is 24.2 Å². The summed E-state index contributed by atoms with van der Waals surface area (Å²) in [5.74, 6) is 0.163. The SMILES string of the molecule is C[C@H](NC(=O)CCc1ncc(-c2ccccc2F)o1)c1ccc(Cl)cc1Cl. The number of benzene rings is 2. The van der Waals surface area contributed by atoms with Crippen LogP contribution in [0.3, 0.4) is 0 Å². The number of amides is 1. The average molecular weight is 407 g/mol. The quantitative estimate of drug-likeness (QED) is 0.579. The minimum atomic E-state index is -0.383. The molecule has 1 amide bonds. The lowest BCUT2D eigenvalue weighted by molar-refractivity contribution is -0.121. The van der Waals surface area contributed by atoms with Crippen LogP contribution < -0.4 is 5.32 Å². The number of oxazole rings is 1. The Morgan fingerprint density at radius 2 is 2.04 bits per heavy atom. The van der Waals surface area contributed by atoms with Crippen LogP contribution in [0.25, 0.3) is 11.3 Å². The number of carbonyl (C=O) groups excluding carboxylic acids is 1. The summed E-state index contributed by atoms with van der Waals surface area (Å²) < 4.78 is 19.3. The van der Waals surface area contributed by atoms with E-state index in [9.17, 15) is 9.18 Å². The number of nitrogens with one attached hydrogen (secondary N) is 1. The molecule has 0 unspecified atom stereocenters. The van der Waals surface area contributed by atoms with Crippen LogP contribution in [0.4, 0.5) is 4.39 Å². The number of rotatable bonds is 6. The Morgan fingerprint density at radius 1 is 1.26 bits per heavy atom. The smallest absolute Gasteiger partial charge is 0.220 e. The fourth-order valence-corrected chi connectivity index (χ4v) is 3.25. The maximum absolute atomic E-state index is 13.8. The summed E-state index contributed by atoms with van der Waals surface area (Å²) in [4.78, 5) is 16.3. The molecule has 0 aliphatic heterocycles. The topological polar surface area (TPSA) is 55.1 Å². The van der Waals surface area contributed by atoms with Crippen molar-refractivity contribution in [2.24, 2.45) is 0 Å². The summed E-state index contributed by atoms with van der Waals surface area (Å²) in [6.07, 6.45) is 1.95. The van der Waals surface area contributed by atoms with Crippen LogP contribution in [-0.4, -0.2) is 10.9 Å². The second-order valence-corrected chi connectivity index (χ2v) is 6.90. The Hall–Kier alpha value is -2.37. The lowest BCUT2D eigenvalue weighted by Gasteiger charge is -2.15. The summed E-state index contributed by atoms with van der Waals surface area (Å²) in [5, 5.41) is 3.91. The van der Waals surface area contributed by atoms with E-state index in [0.717, 1.165) is 5.56 Å². The molecular formula is C20H17Cl2FN2O2. The van der Waals surface area contributed by atoms with Crippen molar-refractivity contribution in [1.29, 1.82) is 0 Å². The molecule has 1 heterocycles. The molecule has 0 saturated carbocycles. The van der Waals surface area contributed by atoms with E-state index in [1.54, 1.807) is 36.4 Å². The van der Waals surface area contributed by atoms with Gasteiger partial charge in [0.05, 0.1) is 17.8 Å². The van der Waals surface area contributed by atoms with E-state index in [1.807, 2.05) is 6.92 Å². The first-order valence-electron chi connectivity index (χ1n) is 8.38. The Balaban J connectivity index is 1.57. The van der Waals surface area contributed by atoms with Gasteiger partial charge in [0.2, 0.25) is 5.91 Å². The van der Waals surface area contributed by atoms with Crippen LogP contribution in [0, 0.1) is 5.82 Å². The highest BCUT2D eigenvalue weighted by atomic mass is 35.5. The van der Waals surface area contributed by atoms with Crippen LogP contribution in [-0.2, 0) is 11.2 Å². The molecule has 3 aromatic rings. The highest BCUT2D eigenvalue weighted by Gasteiger charge is 2.15. The van der Waals surface area contributed by atoms with Crippen LogP contribution >= 0.6 is 23.2 Å². The highest BCUT2D eigenvalue weighted by Crippen LogP contribution is 2.26. The van der Waals surface area contributed by atoms with Crippen molar-refractivity contribution in [1.82, 2.24) is 10.3 Å². The molecule has 0 saturated heterocycles. The monoisotopic (exact) mass is 406 g/mol. The molecule has 0 radical (unpaired) electrons. The van der Waals surface area contributed by atoms with Gasteiger partial charge in [-0.1, -0.05) is 41.4 Å². The molecule has 4 nitrogen and oxygen atoms in total. The summed E-state index contributed by atoms with van der Waals surface area (Å²) in [7, 11) is 0. The van der Waals surface area contributed by atoms with Gasteiger partial charge in [0.15, 0.2) is 11.7 Å². The molecule has 1 N–H and O–H groups in total. The first-order valence-corrected chi connectivity index (χ1v) is 9.13. The lowest BCUT2D eigenvalue weighted by atomic mass is 10.1. The van der Waals surface area contributed by atoms with Gasteiger partial charge in [0, 0.05) is 22.9 Å². The molecule has 2 aromatic carbocycles. The predicted octanol–water partition coefficient (Wildman–Crippen LogP) is 5.60. The third-order valence-electron chi connectivity index (χ3n) is 4.07. The van der Waals surface area contributed by atoms with Gasteiger partial charge in [-0.15, -0.1) is 0 Å². The summed E-state index contributed by atoms with van der Waals surface area (Å²) >= 11 is 12.1. The highest BCUT2D eigenvalue weighted by molar-refractivity contribution is 6.35. The standard InChI is InChI=1S/C20H17Cl2FN2O2/c1-12(14-7-6-13(21)10-16(14)22)25-19(26)8-9-20-24-11-18(27-20)15-4-2-3-5-17(15)23/h2-7,10-12H,8-9H2,1H3,(H,25,26)/t12-/m0/s1. The van der Waals surface area contributed by atoms with Gasteiger partial charge in [-0.05, 0) is 36.8 Å². The summed E-state index contributed by atoms with van der Waals surface area (Å²) in [6.45, 7) is 1.84. The number of aromatic nitrogens is 1. The van der Waals surface area contributed by atoms with Gasteiger partial charge in [-0.25, -0.2) is 9.37 Å². The van der Waals surface area contributed by atoms with E-state index in [4.69, 9.17) is 27.6 Å². The van der Waals surface area contributed by atoms with E-state index in [1.165, 1.54) is 12.3 Å². The van der Waals surface area contributed by atoms with E-state index in [2.05, 4.69) is 10.3 Å². The molecule has 0 spiro atoms. The number of hydrogen-bond donors (Lipinski definition) is 1. The Labute approximate surface area is 166 Å². The van der Waals surface area contributed by atoms with Gasteiger partial charge in [-0.2, -0.15) is 0 Å². The first kappa shape index (κ1) is 19.4. The van der Waals surface area contributed by atoms with Crippen molar-refractivity contribution < 1.29 is 13.6 Å². The third-order valence-corrected chi connectivity index (χ3v) is 4.63. The molecule has 7 heteroatoms. The molecule has 0 bridgehead atoms. The van der Waals surface area contributed by atoms with Gasteiger partial charge in [0.1, 0.15) is 5.82 Å². The maximum Gasteiger partial charge on any atom is 0.220 e. The fraction of sp³-hybridized carbons (Fsp3) is 0.200. The molecular weight excluding hydrogens is 390 g/mol. The predicted molar refractivity (Wildman–Crippen MR) is 103 cm³/mol. The molecule has 0 aliphatic rings. The number of aryl methyl sites for hydroxylation is 1. The number of halogens is 3. The zero-order valence-corrected chi connectivity index (χ0v) is 16.0. The van der Waals surface area contributed by atoms with Crippen molar-refractivity contribution in [3.05, 3.63) is 76.0 Å². The molecule has 0 fully saturated rings. The number of hydrogen-bond acceptors (Lipinski definition) is 3. The van der Waals surface area contributed by atoms with E-state index < -0.39 is 0 Å². The van der Waals surface area contributed by atoms with Gasteiger partial charge in [-0.3, -0.25) is 4.79 Å². The van der Waals surface area contributed by atoms with Crippen LogP contribution in [0.15, 0.2) is 53.1 Å². The second kappa shape index (κ2) is 8.55. The van der Waals surface area contributed by atoms with E-state index in [0.29, 0.717) is 33.7 Å². The van der Waals surface area contributed by atoms with Crippen LogP contribution in [0.2, 0.25) is 10.0 Å². The summed E-state index contributed by atoms with van der Waals surface area (Å²) in [6, 6.07) is 11.2. The maximum atomic E-state index is 13.8. The zero-order chi connectivity index (χ0) is 19.4. The van der Waals surface area contributed by atoms with E-state index >= 15 is 0 Å². The number of carbonyl (C=O) groups is 1. The first-order chi connectivity index (χ1) is 12.9. The van der Waals surface area contributed by atoms with Gasteiger partial charge < -0.3 is 9.73 Å². The normalized spacial score (nSPS) is 12.0. The van der Waals surface area contributed by atoms with Crippen molar-refractivity contribution in [3.8, 4) is 11.3 Å². The fourth-order valence-electron chi connectivity index (χ4n) is 2.68. The van der Waals surface area contributed by atoms with Crippen molar-refractivity contribution in [2.45, 2.75) is 25.8 Å². The summed E-state index contributed by atoms with van der Waals surface area (Å²) in [5.41, 5.74) is 1.12. The second-order valence-electron chi connectivity index (χ2n) is 6.05. The minimum Gasteiger partial charge on any atom is -0.441 e. The Kier molecular flexibility index (Phi) is 6.14. The molecule has 1 aromatic heterocycles. The Morgan fingerprint density at radius 3 is 2.78 bits per heavy atom. The van der Waals surface area contributed by atoms with Gasteiger partial charge >= 0.3 is 0 Å². The number of nitrogens with zero attached hydrogens (tertiary/aromatic N) is 1. The zero-order valence-electron chi connectivity index (χ0n) is 14.5. The van der Waals surface area contributed by atoms with Crippen molar-refractivity contribution in [2.75, 3.05) is 0 Å². The molecule has 27 heavy (non-hydrogen) atoms. The van der Waals surface area contributed by atoms with Crippen LogP contribution in [0.5, 0.6) is 0 Å². The van der Waals surface area contributed by atoms with Crippen LogP contribution in [0.1, 0.15) is 30.8 Å². The minimum absolute atomic E-state index is 0.167. The van der Waals surface area contributed by atoms with Crippen molar-refractivity contribution in [3.63, 3.8) is 0 Å². The largest absolute Gasteiger partial charge is 0.441 e. The molecule has 3 rings (SSSR count). The molecule has 140 valence electrons.